The van der Waals surface area contributed by atoms with Crippen LogP contribution >= 0.6 is 0 Å². The van der Waals surface area contributed by atoms with Gasteiger partial charge in [0.2, 0.25) is 0 Å². The van der Waals surface area contributed by atoms with Crippen LogP contribution in [0.3, 0.4) is 0 Å². The quantitative estimate of drug-likeness (QED) is 0.602. The SMILES string of the molecule is CCC(C)(C)C1(C)C=C(CC2=CC(C)(C(C)(C)CC)C(O)C=C2)C=CC1O. The van der Waals surface area contributed by atoms with Gasteiger partial charge < -0.3 is 10.2 Å². The molecule has 0 aromatic rings. The van der Waals surface area contributed by atoms with Crippen molar-refractivity contribution in [1.29, 1.82) is 0 Å². The fourth-order valence-corrected chi connectivity index (χ4v) is 4.28. The first-order chi connectivity index (χ1) is 12.3. The molecule has 2 rings (SSSR count). The summed E-state index contributed by atoms with van der Waals surface area (Å²) < 4.78 is 0. The second-order valence-corrected chi connectivity index (χ2v) is 10.3. The Morgan fingerprint density at radius 1 is 0.778 bits per heavy atom. The van der Waals surface area contributed by atoms with E-state index in [-0.39, 0.29) is 21.7 Å². The summed E-state index contributed by atoms with van der Waals surface area (Å²) in [5.41, 5.74) is 1.94. The van der Waals surface area contributed by atoms with Gasteiger partial charge in [0.25, 0.3) is 0 Å². The van der Waals surface area contributed by atoms with Crippen molar-refractivity contribution >= 4 is 0 Å². The fraction of sp³-hybridized carbons (Fsp3) is 0.680. The van der Waals surface area contributed by atoms with E-state index < -0.39 is 12.2 Å². The zero-order valence-corrected chi connectivity index (χ0v) is 18.6. The van der Waals surface area contributed by atoms with Gasteiger partial charge in [-0.2, -0.15) is 0 Å². The summed E-state index contributed by atoms with van der Waals surface area (Å²) in [6.45, 7) is 17.7. The summed E-state index contributed by atoms with van der Waals surface area (Å²) in [6, 6.07) is 0. The molecule has 2 nitrogen and oxygen atoms in total. The van der Waals surface area contributed by atoms with Crippen molar-refractivity contribution in [2.24, 2.45) is 21.7 Å². The Hall–Kier alpha value is -1.12. The zero-order chi connectivity index (χ0) is 20.7. The van der Waals surface area contributed by atoms with Crippen LogP contribution in [0.4, 0.5) is 0 Å². The van der Waals surface area contributed by atoms with Crippen molar-refractivity contribution in [2.45, 2.75) is 86.9 Å². The lowest BCUT2D eigenvalue weighted by atomic mass is 9.59. The molecule has 0 aromatic heterocycles. The smallest absolute Gasteiger partial charge is 0.0817 e. The summed E-state index contributed by atoms with van der Waals surface area (Å²) in [5, 5.41) is 21.4. The molecular weight excluding hydrogens is 332 g/mol. The summed E-state index contributed by atoms with van der Waals surface area (Å²) >= 11 is 0. The van der Waals surface area contributed by atoms with Gasteiger partial charge >= 0.3 is 0 Å². The van der Waals surface area contributed by atoms with E-state index in [1.807, 2.05) is 12.2 Å². The minimum absolute atomic E-state index is 0.00806. The lowest BCUT2D eigenvalue weighted by molar-refractivity contribution is 0.0105. The summed E-state index contributed by atoms with van der Waals surface area (Å²) in [6.07, 6.45) is 14.5. The Balaban J connectivity index is 2.36. The first kappa shape index (κ1) is 22.2. The van der Waals surface area contributed by atoms with Gasteiger partial charge in [0, 0.05) is 10.8 Å². The number of allylic oxidation sites excluding steroid dienone is 4. The van der Waals surface area contributed by atoms with Crippen LogP contribution in [-0.2, 0) is 0 Å². The van der Waals surface area contributed by atoms with Gasteiger partial charge in [-0.3, -0.25) is 0 Å². The molecule has 4 atom stereocenters. The zero-order valence-electron chi connectivity index (χ0n) is 18.6. The standard InChI is InChI=1S/C25H40O2/c1-9-22(3,4)24(7)16-18(11-13-20(24)26)15-19-12-14-21(27)25(8,17-19)23(5,6)10-2/h11-14,16-17,20-21,26-27H,9-10,15H2,1-8H3. The highest BCUT2D eigenvalue weighted by Crippen LogP contribution is 2.50. The molecule has 152 valence electrons. The number of aliphatic hydroxyl groups is 2. The molecule has 0 saturated carbocycles. The minimum atomic E-state index is -0.460. The summed E-state index contributed by atoms with van der Waals surface area (Å²) in [5.74, 6) is 0. The highest BCUT2D eigenvalue weighted by Gasteiger charge is 2.45. The third-order valence-electron chi connectivity index (χ3n) is 8.28. The van der Waals surface area contributed by atoms with E-state index >= 15 is 0 Å². The van der Waals surface area contributed by atoms with Gasteiger partial charge in [-0.25, -0.2) is 0 Å². The Bertz CT molecular complexity index is 618. The van der Waals surface area contributed by atoms with Crippen molar-refractivity contribution in [3.8, 4) is 0 Å². The molecule has 0 aliphatic heterocycles. The monoisotopic (exact) mass is 372 g/mol. The molecule has 2 aliphatic carbocycles. The van der Waals surface area contributed by atoms with Crippen LogP contribution in [0.5, 0.6) is 0 Å². The highest BCUT2D eigenvalue weighted by atomic mass is 16.3. The van der Waals surface area contributed by atoms with Gasteiger partial charge in [0.15, 0.2) is 0 Å². The maximum Gasteiger partial charge on any atom is 0.0817 e. The first-order valence-corrected chi connectivity index (χ1v) is 10.5. The van der Waals surface area contributed by atoms with Crippen molar-refractivity contribution in [3.63, 3.8) is 0 Å². The lowest BCUT2D eigenvalue weighted by Gasteiger charge is -2.47. The van der Waals surface area contributed by atoms with Crippen LogP contribution in [0.2, 0.25) is 0 Å². The van der Waals surface area contributed by atoms with Gasteiger partial charge in [-0.15, -0.1) is 0 Å². The van der Waals surface area contributed by atoms with Crippen LogP contribution in [0, 0.1) is 21.7 Å². The van der Waals surface area contributed by atoms with Gasteiger partial charge in [-0.1, -0.05) is 105 Å². The Morgan fingerprint density at radius 2 is 1.11 bits per heavy atom. The molecule has 0 saturated heterocycles. The molecule has 0 spiro atoms. The van der Waals surface area contributed by atoms with Gasteiger partial charge in [0.1, 0.15) is 0 Å². The van der Waals surface area contributed by atoms with Gasteiger partial charge in [0.05, 0.1) is 12.2 Å². The Labute approximate surface area is 166 Å². The second-order valence-electron chi connectivity index (χ2n) is 10.3. The average Bonchev–Trinajstić information content (AvgIpc) is 2.61. The lowest BCUT2D eigenvalue weighted by Crippen LogP contribution is -2.44. The number of aliphatic hydroxyl groups excluding tert-OH is 2. The van der Waals surface area contributed by atoms with Crippen LogP contribution in [0.15, 0.2) is 47.6 Å². The summed E-state index contributed by atoms with van der Waals surface area (Å²) in [4.78, 5) is 0. The fourth-order valence-electron chi connectivity index (χ4n) is 4.28. The molecule has 2 N–H and O–H groups in total. The minimum Gasteiger partial charge on any atom is -0.388 e. The van der Waals surface area contributed by atoms with Crippen LogP contribution in [-0.4, -0.2) is 22.4 Å². The average molecular weight is 373 g/mol. The number of rotatable bonds is 6. The third-order valence-corrected chi connectivity index (χ3v) is 8.28. The van der Waals surface area contributed by atoms with E-state index in [4.69, 9.17) is 0 Å². The molecule has 0 aromatic carbocycles. The van der Waals surface area contributed by atoms with E-state index in [0.717, 1.165) is 19.3 Å². The molecule has 0 fully saturated rings. The Kier molecular flexibility index (Phi) is 6.05. The van der Waals surface area contributed by atoms with E-state index in [9.17, 15) is 10.2 Å². The van der Waals surface area contributed by atoms with Crippen molar-refractivity contribution in [3.05, 3.63) is 47.6 Å². The van der Waals surface area contributed by atoms with Crippen LogP contribution in [0.25, 0.3) is 0 Å². The molecular formula is C25H40O2. The predicted molar refractivity (Wildman–Crippen MR) is 115 cm³/mol. The largest absolute Gasteiger partial charge is 0.388 e. The van der Waals surface area contributed by atoms with Crippen LogP contribution in [0.1, 0.15) is 74.7 Å². The molecule has 0 heterocycles. The maximum atomic E-state index is 10.7. The highest BCUT2D eigenvalue weighted by molar-refractivity contribution is 5.40. The van der Waals surface area contributed by atoms with Crippen molar-refractivity contribution in [1.82, 2.24) is 0 Å². The molecule has 2 heteroatoms. The van der Waals surface area contributed by atoms with Gasteiger partial charge in [-0.05, 0) is 28.4 Å². The van der Waals surface area contributed by atoms with Crippen molar-refractivity contribution < 1.29 is 10.2 Å². The molecule has 4 unspecified atom stereocenters. The van der Waals surface area contributed by atoms with Crippen molar-refractivity contribution in [2.75, 3.05) is 0 Å². The number of hydrogen-bond acceptors (Lipinski definition) is 2. The summed E-state index contributed by atoms with van der Waals surface area (Å²) in [7, 11) is 0. The number of hydrogen-bond donors (Lipinski definition) is 2. The molecule has 0 bridgehead atoms. The normalized spacial score (nSPS) is 34.4. The molecule has 0 amide bonds. The van der Waals surface area contributed by atoms with E-state index in [0.29, 0.717) is 0 Å². The topological polar surface area (TPSA) is 40.5 Å². The molecule has 0 radical (unpaired) electrons. The van der Waals surface area contributed by atoms with E-state index in [2.05, 4.69) is 79.7 Å². The Morgan fingerprint density at radius 3 is 1.41 bits per heavy atom. The van der Waals surface area contributed by atoms with E-state index in [1.165, 1.54) is 11.1 Å². The molecule has 2 aliphatic rings. The molecule has 27 heavy (non-hydrogen) atoms. The second kappa shape index (κ2) is 7.37. The maximum absolute atomic E-state index is 10.7. The third kappa shape index (κ3) is 3.76. The predicted octanol–water partition coefficient (Wildman–Crippen LogP) is 5.98. The first-order valence-electron chi connectivity index (χ1n) is 10.5. The van der Waals surface area contributed by atoms with Crippen LogP contribution < -0.4 is 0 Å². The van der Waals surface area contributed by atoms with E-state index in [1.54, 1.807) is 0 Å².